The van der Waals surface area contributed by atoms with Crippen molar-refractivity contribution in [3.63, 3.8) is 0 Å². The number of fused-ring (bicyclic) bond motifs is 2. The standard InChI is InChI=1S/C16H9ClF4N6.C16H10F4N6/c17-12-6-22-14-10(5-8-3-1-2-4-9(8)18)23-11(7-27(12)14)13-24-15(26-25-13)16(19,20)21;17-10-4-2-1-3-9(10)7-11-14-21-5-6-26(14)8-12(22-11)13-23-15(25-24-13)16(18,19)20/h1-4,6-7H,5H2,(H,24,25,26);1-6,8H,7H2,(H,23,24,25). The van der Waals surface area contributed by atoms with E-state index < -0.39 is 35.6 Å². The number of rotatable bonds is 6. The van der Waals surface area contributed by atoms with Gasteiger partial charge in [-0.15, -0.1) is 0 Å². The summed E-state index contributed by atoms with van der Waals surface area (Å²) in [4.78, 5) is 23.8. The van der Waals surface area contributed by atoms with E-state index in [2.05, 4.69) is 40.1 Å². The summed E-state index contributed by atoms with van der Waals surface area (Å²) in [5, 5.41) is 11.1. The minimum atomic E-state index is -4.67. The molecule has 0 spiro atoms. The van der Waals surface area contributed by atoms with Crippen molar-refractivity contribution in [3.05, 3.63) is 130 Å². The van der Waals surface area contributed by atoms with Gasteiger partial charge in [-0.3, -0.25) is 14.6 Å². The SMILES string of the molecule is Fc1ccccc1Cc1nc(-c2n[nH]c(C(F)(F)F)n2)cn2c(Cl)cnc12.Fc1ccccc1Cc1nc(-c2n[nH]c(C(F)(F)F)n2)cn2ccnc12. The molecule has 0 amide bonds. The van der Waals surface area contributed by atoms with Crippen LogP contribution >= 0.6 is 11.6 Å². The molecule has 0 aliphatic rings. The lowest BCUT2D eigenvalue weighted by molar-refractivity contribution is -0.145. The number of H-pyrrole nitrogens is 2. The van der Waals surface area contributed by atoms with Crippen molar-refractivity contribution in [2.24, 2.45) is 0 Å². The minimum Gasteiger partial charge on any atom is -0.303 e. The molecule has 53 heavy (non-hydrogen) atoms. The Bertz CT molecular complexity index is 2570. The summed E-state index contributed by atoms with van der Waals surface area (Å²) in [6.45, 7) is 0. The van der Waals surface area contributed by atoms with Crippen molar-refractivity contribution in [1.29, 1.82) is 0 Å². The third-order valence-electron chi connectivity index (χ3n) is 7.56. The van der Waals surface area contributed by atoms with E-state index in [0.29, 0.717) is 33.8 Å². The van der Waals surface area contributed by atoms with Crippen LogP contribution in [0.3, 0.4) is 0 Å². The zero-order valence-corrected chi connectivity index (χ0v) is 27.0. The maximum Gasteiger partial charge on any atom is 0.451 e. The van der Waals surface area contributed by atoms with Crippen LogP contribution in [-0.4, -0.2) is 59.1 Å². The van der Waals surface area contributed by atoms with Crippen LogP contribution in [0.1, 0.15) is 34.2 Å². The van der Waals surface area contributed by atoms with Crippen molar-refractivity contribution in [3.8, 4) is 23.0 Å². The number of benzene rings is 2. The number of alkyl halides is 6. The van der Waals surface area contributed by atoms with Crippen molar-refractivity contribution in [2.75, 3.05) is 0 Å². The molecule has 12 nitrogen and oxygen atoms in total. The summed E-state index contributed by atoms with van der Waals surface area (Å²) in [5.41, 5.74) is 2.47. The molecule has 8 rings (SSSR count). The smallest absolute Gasteiger partial charge is 0.303 e. The Labute approximate surface area is 295 Å². The molecule has 6 aromatic heterocycles. The fraction of sp³-hybridized carbons (Fsp3) is 0.125. The Morgan fingerprint density at radius 2 is 1.15 bits per heavy atom. The van der Waals surface area contributed by atoms with E-state index in [1.54, 1.807) is 47.0 Å². The first-order chi connectivity index (χ1) is 25.2. The predicted octanol–water partition coefficient (Wildman–Crippen LogP) is 7.18. The summed E-state index contributed by atoms with van der Waals surface area (Å²) in [6, 6.07) is 12.3. The van der Waals surface area contributed by atoms with Gasteiger partial charge < -0.3 is 4.40 Å². The first kappa shape index (κ1) is 35.1. The second kappa shape index (κ2) is 13.7. The van der Waals surface area contributed by atoms with Gasteiger partial charge in [0.15, 0.2) is 11.3 Å². The van der Waals surface area contributed by atoms with Gasteiger partial charge in [0.25, 0.3) is 0 Å². The number of aromatic nitrogens is 12. The van der Waals surface area contributed by atoms with Crippen LogP contribution in [0.25, 0.3) is 34.3 Å². The highest BCUT2D eigenvalue weighted by atomic mass is 35.5. The number of nitrogens with one attached hydrogen (secondary N) is 2. The van der Waals surface area contributed by atoms with E-state index in [1.165, 1.54) is 41.3 Å². The lowest BCUT2D eigenvalue weighted by Crippen LogP contribution is -2.07. The van der Waals surface area contributed by atoms with Crippen LogP contribution in [0.5, 0.6) is 0 Å². The number of nitrogens with zero attached hydrogens (tertiary/aromatic N) is 10. The van der Waals surface area contributed by atoms with Crippen LogP contribution in [0.15, 0.2) is 79.5 Å². The van der Waals surface area contributed by atoms with Gasteiger partial charge in [0.2, 0.25) is 23.3 Å². The summed E-state index contributed by atoms with van der Waals surface area (Å²) in [6.07, 6.45) is -1.78. The van der Waals surface area contributed by atoms with Crippen LogP contribution in [-0.2, 0) is 25.2 Å². The minimum absolute atomic E-state index is 0.0421. The van der Waals surface area contributed by atoms with Gasteiger partial charge in [-0.2, -0.15) is 36.5 Å². The lowest BCUT2D eigenvalue weighted by Gasteiger charge is -2.07. The van der Waals surface area contributed by atoms with Crippen molar-refractivity contribution in [2.45, 2.75) is 25.2 Å². The van der Waals surface area contributed by atoms with Gasteiger partial charge >= 0.3 is 12.4 Å². The molecule has 0 aliphatic heterocycles. The lowest BCUT2D eigenvalue weighted by atomic mass is 10.1. The maximum absolute atomic E-state index is 14.0. The highest BCUT2D eigenvalue weighted by Crippen LogP contribution is 2.29. The van der Waals surface area contributed by atoms with E-state index in [1.807, 2.05) is 10.2 Å². The van der Waals surface area contributed by atoms with E-state index in [4.69, 9.17) is 11.6 Å². The van der Waals surface area contributed by atoms with Gasteiger partial charge in [-0.25, -0.2) is 38.7 Å². The summed E-state index contributed by atoms with van der Waals surface area (Å²) >= 11 is 6.09. The largest absolute Gasteiger partial charge is 0.451 e. The number of halogens is 9. The van der Waals surface area contributed by atoms with Crippen LogP contribution in [0, 0.1) is 11.6 Å². The first-order valence-electron chi connectivity index (χ1n) is 15.1. The molecule has 0 saturated heterocycles. The van der Waals surface area contributed by atoms with Gasteiger partial charge in [0.05, 0.1) is 17.6 Å². The molecule has 0 fully saturated rings. The molecule has 21 heteroatoms. The molecule has 0 radical (unpaired) electrons. The second-order valence-electron chi connectivity index (χ2n) is 11.1. The van der Waals surface area contributed by atoms with Gasteiger partial charge in [0, 0.05) is 37.6 Å². The second-order valence-corrected chi connectivity index (χ2v) is 11.5. The van der Waals surface area contributed by atoms with Gasteiger partial charge in [-0.05, 0) is 23.3 Å². The summed E-state index contributed by atoms with van der Waals surface area (Å²) in [7, 11) is 0. The Hall–Kier alpha value is -6.31. The Kier molecular flexibility index (Phi) is 9.06. The molecule has 0 aliphatic carbocycles. The van der Waals surface area contributed by atoms with Crippen molar-refractivity contribution in [1.82, 2.24) is 59.1 Å². The topological polar surface area (TPSA) is 144 Å². The zero-order valence-electron chi connectivity index (χ0n) is 26.3. The van der Waals surface area contributed by atoms with Gasteiger partial charge in [0.1, 0.15) is 28.2 Å². The molecule has 0 bridgehead atoms. The molecular weight excluding hydrogens is 740 g/mol. The number of hydrogen-bond donors (Lipinski definition) is 2. The maximum atomic E-state index is 14.0. The van der Waals surface area contributed by atoms with E-state index in [0.717, 1.165) is 0 Å². The number of aromatic amines is 2. The number of imidazole rings is 2. The molecule has 2 aromatic carbocycles. The highest BCUT2D eigenvalue weighted by molar-refractivity contribution is 6.29. The average Bonchev–Trinajstić information content (AvgIpc) is 3.94. The fourth-order valence-corrected chi connectivity index (χ4v) is 5.30. The zero-order chi connectivity index (χ0) is 37.5. The average molecular weight is 759 g/mol. The molecular formula is C32H19ClF8N12. The molecule has 8 aromatic rings. The van der Waals surface area contributed by atoms with Crippen LogP contribution in [0.4, 0.5) is 35.1 Å². The van der Waals surface area contributed by atoms with Crippen LogP contribution < -0.4 is 0 Å². The number of hydrogen-bond acceptors (Lipinski definition) is 8. The van der Waals surface area contributed by atoms with E-state index >= 15 is 0 Å². The molecule has 0 unspecified atom stereocenters. The summed E-state index contributed by atoms with van der Waals surface area (Å²) in [5.74, 6) is -3.76. The molecule has 270 valence electrons. The predicted molar refractivity (Wildman–Crippen MR) is 170 cm³/mol. The van der Waals surface area contributed by atoms with Crippen molar-refractivity contribution >= 4 is 22.9 Å². The molecule has 0 atom stereocenters. The quantitative estimate of drug-likeness (QED) is 0.170. The van der Waals surface area contributed by atoms with E-state index in [-0.39, 0.29) is 41.0 Å². The monoisotopic (exact) mass is 758 g/mol. The normalized spacial score (nSPS) is 12.0. The van der Waals surface area contributed by atoms with Gasteiger partial charge in [-0.1, -0.05) is 48.0 Å². The first-order valence-corrected chi connectivity index (χ1v) is 15.4. The van der Waals surface area contributed by atoms with E-state index in [9.17, 15) is 35.1 Å². The molecule has 2 N–H and O–H groups in total. The molecule has 0 saturated carbocycles. The van der Waals surface area contributed by atoms with Crippen LogP contribution in [0.2, 0.25) is 5.15 Å². The highest BCUT2D eigenvalue weighted by Gasteiger charge is 2.36. The Morgan fingerprint density at radius 3 is 1.66 bits per heavy atom. The summed E-state index contributed by atoms with van der Waals surface area (Å²) < 4.78 is 107. The molecule has 6 heterocycles. The fourth-order valence-electron chi connectivity index (χ4n) is 5.12. The Morgan fingerprint density at radius 1 is 0.642 bits per heavy atom. The third-order valence-corrected chi connectivity index (χ3v) is 7.84. The third kappa shape index (κ3) is 7.38. The Balaban J connectivity index is 0.000000164. The van der Waals surface area contributed by atoms with Crippen molar-refractivity contribution < 1.29 is 35.1 Å².